The summed E-state index contributed by atoms with van der Waals surface area (Å²) < 4.78 is 5.52. The number of amides is 2. The third-order valence-corrected chi connectivity index (χ3v) is 4.49. The first-order valence-corrected chi connectivity index (χ1v) is 8.56. The molecule has 0 spiro atoms. The molecule has 0 bridgehead atoms. The number of hydrogen-bond donors (Lipinski definition) is 2. The van der Waals surface area contributed by atoms with Crippen LogP contribution in [0.1, 0.15) is 59.3 Å². The van der Waals surface area contributed by atoms with Crippen LogP contribution in [0.5, 0.6) is 0 Å². The van der Waals surface area contributed by atoms with Gasteiger partial charge >= 0.3 is 0 Å². The summed E-state index contributed by atoms with van der Waals surface area (Å²) in [6.45, 7) is 7.43. The van der Waals surface area contributed by atoms with Crippen molar-refractivity contribution in [3.05, 3.63) is 0 Å². The minimum atomic E-state index is -0.188. The largest absolute Gasteiger partial charge is 0.376 e. The Hall–Kier alpha value is -1.10. The second-order valence-electron chi connectivity index (χ2n) is 7.67. The molecule has 1 aliphatic heterocycles. The Morgan fingerprint density at radius 3 is 2.09 bits per heavy atom. The van der Waals surface area contributed by atoms with Crippen molar-refractivity contribution in [1.29, 1.82) is 0 Å². The molecule has 1 saturated heterocycles. The van der Waals surface area contributed by atoms with Gasteiger partial charge in [-0.1, -0.05) is 0 Å². The van der Waals surface area contributed by atoms with Gasteiger partial charge in [0.05, 0.1) is 6.10 Å². The van der Waals surface area contributed by atoms with Crippen LogP contribution in [0, 0.1) is 11.8 Å². The van der Waals surface area contributed by atoms with Crippen LogP contribution in [0.2, 0.25) is 0 Å². The van der Waals surface area contributed by atoms with Crippen molar-refractivity contribution in [2.75, 3.05) is 13.2 Å². The fourth-order valence-electron chi connectivity index (χ4n) is 3.25. The van der Waals surface area contributed by atoms with Gasteiger partial charge in [-0.05, 0) is 59.3 Å². The molecule has 126 valence electrons. The Balaban J connectivity index is 1.69. The highest BCUT2D eigenvalue weighted by molar-refractivity contribution is 5.81. The van der Waals surface area contributed by atoms with Crippen LogP contribution in [-0.2, 0) is 14.3 Å². The molecule has 0 aromatic carbocycles. The lowest BCUT2D eigenvalue weighted by molar-refractivity contribution is -0.131. The van der Waals surface area contributed by atoms with Gasteiger partial charge in [0.25, 0.3) is 0 Å². The Bertz CT molecular complexity index is 389. The van der Waals surface area contributed by atoms with Gasteiger partial charge in [0, 0.05) is 30.5 Å². The SMILES string of the molecule is CC(C)(C)NC(=O)C1CCC(C(=O)NCC2CCCO2)CC1. The summed E-state index contributed by atoms with van der Waals surface area (Å²) in [7, 11) is 0. The summed E-state index contributed by atoms with van der Waals surface area (Å²) in [5.41, 5.74) is -0.188. The molecular weight excluding hydrogens is 280 g/mol. The lowest BCUT2D eigenvalue weighted by Gasteiger charge is -2.30. The first kappa shape index (κ1) is 17.3. The van der Waals surface area contributed by atoms with Crippen LogP contribution in [0.15, 0.2) is 0 Å². The van der Waals surface area contributed by atoms with E-state index >= 15 is 0 Å². The molecule has 1 saturated carbocycles. The second-order valence-corrected chi connectivity index (χ2v) is 7.67. The van der Waals surface area contributed by atoms with Gasteiger partial charge in [-0.15, -0.1) is 0 Å². The predicted molar refractivity (Wildman–Crippen MR) is 85.3 cm³/mol. The zero-order valence-corrected chi connectivity index (χ0v) is 14.1. The maximum Gasteiger partial charge on any atom is 0.223 e. The van der Waals surface area contributed by atoms with Crippen molar-refractivity contribution in [2.24, 2.45) is 11.8 Å². The van der Waals surface area contributed by atoms with Crippen molar-refractivity contribution in [1.82, 2.24) is 10.6 Å². The Morgan fingerprint density at radius 2 is 1.59 bits per heavy atom. The maximum absolute atomic E-state index is 12.2. The zero-order valence-electron chi connectivity index (χ0n) is 14.1. The number of ether oxygens (including phenoxy) is 1. The standard InChI is InChI=1S/C17H30N2O3/c1-17(2,3)19-16(21)13-8-6-12(7-9-13)15(20)18-11-14-5-4-10-22-14/h12-14H,4-11H2,1-3H3,(H,18,20)(H,19,21). The molecule has 5 heteroatoms. The minimum absolute atomic E-state index is 0.0556. The summed E-state index contributed by atoms with van der Waals surface area (Å²) in [5.74, 6) is 0.373. The fourth-order valence-corrected chi connectivity index (χ4v) is 3.25. The van der Waals surface area contributed by atoms with E-state index < -0.39 is 0 Å². The quantitative estimate of drug-likeness (QED) is 0.834. The number of hydrogen-bond acceptors (Lipinski definition) is 3. The molecule has 1 heterocycles. The van der Waals surface area contributed by atoms with Gasteiger partial charge in [0.1, 0.15) is 0 Å². The smallest absolute Gasteiger partial charge is 0.223 e. The average Bonchev–Trinajstić information content (AvgIpc) is 2.96. The number of carbonyl (C=O) groups is 2. The molecule has 1 atom stereocenters. The summed E-state index contributed by atoms with van der Waals surface area (Å²) in [5, 5.41) is 6.05. The zero-order chi connectivity index (χ0) is 16.2. The molecule has 0 aromatic heterocycles. The summed E-state index contributed by atoms with van der Waals surface area (Å²) in [6, 6.07) is 0. The monoisotopic (exact) mass is 310 g/mol. The van der Waals surface area contributed by atoms with E-state index in [9.17, 15) is 9.59 Å². The van der Waals surface area contributed by atoms with Gasteiger partial charge in [0.2, 0.25) is 11.8 Å². The molecule has 2 fully saturated rings. The first-order valence-electron chi connectivity index (χ1n) is 8.56. The number of rotatable bonds is 4. The van der Waals surface area contributed by atoms with E-state index in [4.69, 9.17) is 4.74 Å². The van der Waals surface area contributed by atoms with Crippen LogP contribution in [0.3, 0.4) is 0 Å². The second kappa shape index (κ2) is 7.44. The highest BCUT2D eigenvalue weighted by atomic mass is 16.5. The molecule has 0 aromatic rings. The van der Waals surface area contributed by atoms with Crippen LogP contribution in [-0.4, -0.2) is 36.6 Å². The highest BCUT2D eigenvalue weighted by Crippen LogP contribution is 2.29. The molecule has 2 aliphatic rings. The van der Waals surface area contributed by atoms with E-state index in [1.54, 1.807) is 0 Å². The van der Waals surface area contributed by atoms with Crippen LogP contribution in [0.25, 0.3) is 0 Å². The van der Waals surface area contributed by atoms with E-state index in [2.05, 4.69) is 10.6 Å². The normalized spacial score (nSPS) is 29.1. The molecule has 1 unspecified atom stereocenters. The number of carbonyl (C=O) groups excluding carboxylic acids is 2. The molecule has 2 rings (SSSR count). The molecule has 22 heavy (non-hydrogen) atoms. The third-order valence-electron chi connectivity index (χ3n) is 4.49. The Kier molecular flexibility index (Phi) is 5.84. The molecule has 1 aliphatic carbocycles. The van der Waals surface area contributed by atoms with Gasteiger partial charge in [0.15, 0.2) is 0 Å². The number of nitrogens with one attached hydrogen (secondary N) is 2. The maximum atomic E-state index is 12.2. The molecule has 0 radical (unpaired) electrons. The van der Waals surface area contributed by atoms with Gasteiger partial charge in [-0.2, -0.15) is 0 Å². The Morgan fingerprint density at radius 1 is 1.00 bits per heavy atom. The highest BCUT2D eigenvalue weighted by Gasteiger charge is 2.31. The van der Waals surface area contributed by atoms with E-state index in [1.165, 1.54) is 0 Å². The minimum Gasteiger partial charge on any atom is -0.376 e. The van der Waals surface area contributed by atoms with Crippen molar-refractivity contribution in [3.8, 4) is 0 Å². The van der Waals surface area contributed by atoms with Crippen molar-refractivity contribution in [2.45, 2.75) is 70.9 Å². The van der Waals surface area contributed by atoms with Crippen molar-refractivity contribution in [3.63, 3.8) is 0 Å². The molecule has 2 amide bonds. The van der Waals surface area contributed by atoms with E-state index in [0.29, 0.717) is 6.54 Å². The Labute approximate surface area is 133 Å². The van der Waals surface area contributed by atoms with E-state index in [1.807, 2.05) is 20.8 Å². The lowest BCUT2D eigenvalue weighted by Crippen LogP contribution is -2.45. The van der Waals surface area contributed by atoms with Crippen molar-refractivity contribution >= 4 is 11.8 Å². The van der Waals surface area contributed by atoms with Crippen LogP contribution >= 0.6 is 0 Å². The lowest BCUT2D eigenvalue weighted by atomic mass is 9.81. The summed E-state index contributed by atoms with van der Waals surface area (Å²) in [4.78, 5) is 24.4. The molecule has 5 nitrogen and oxygen atoms in total. The van der Waals surface area contributed by atoms with Gasteiger partial charge in [-0.25, -0.2) is 0 Å². The average molecular weight is 310 g/mol. The predicted octanol–water partition coefficient (Wildman–Crippen LogP) is 2.00. The molecular formula is C17H30N2O3. The van der Waals surface area contributed by atoms with Crippen LogP contribution in [0.4, 0.5) is 0 Å². The third kappa shape index (κ3) is 5.27. The van der Waals surface area contributed by atoms with Crippen LogP contribution < -0.4 is 10.6 Å². The fraction of sp³-hybridized carbons (Fsp3) is 0.882. The van der Waals surface area contributed by atoms with E-state index in [-0.39, 0.29) is 35.3 Å². The summed E-state index contributed by atoms with van der Waals surface area (Å²) in [6.07, 6.45) is 5.55. The molecule has 2 N–H and O–H groups in total. The van der Waals surface area contributed by atoms with Gasteiger partial charge < -0.3 is 15.4 Å². The topological polar surface area (TPSA) is 67.4 Å². The van der Waals surface area contributed by atoms with Gasteiger partial charge in [-0.3, -0.25) is 9.59 Å². The van der Waals surface area contributed by atoms with E-state index in [0.717, 1.165) is 45.1 Å². The summed E-state index contributed by atoms with van der Waals surface area (Å²) >= 11 is 0. The van der Waals surface area contributed by atoms with Crippen molar-refractivity contribution < 1.29 is 14.3 Å². The first-order chi connectivity index (χ1) is 10.3.